The third-order valence-electron chi connectivity index (χ3n) is 3.85. The summed E-state index contributed by atoms with van der Waals surface area (Å²) in [7, 11) is 0. The SMILES string of the molecule is CCNc1cc(C)nc(N2CCN(c3nccnc3C#N)CC2)n1. The molecule has 0 atom stereocenters. The first kappa shape index (κ1) is 15.9. The zero-order chi connectivity index (χ0) is 16.9. The van der Waals surface area contributed by atoms with Crippen LogP contribution in [0.1, 0.15) is 18.3 Å². The topological polar surface area (TPSA) is 93.9 Å². The number of nitrogens with zero attached hydrogens (tertiary/aromatic N) is 7. The Labute approximate surface area is 141 Å². The van der Waals surface area contributed by atoms with Gasteiger partial charge in [0.05, 0.1) is 0 Å². The van der Waals surface area contributed by atoms with Crippen molar-refractivity contribution in [3.63, 3.8) is 0 Å². The fraction of sp³-hybridized carbons (Fsp3) is 0.438. The molecule has 0 spiro atoms. The van der Waals surface area contributed by atoms with E-state index in [2.05, 4.69) is 41.1 Å². The van der Waals surface area contributed by atoms with Crippen LogP contribution in [0.4, 0.5) is 17.6 Å². The van der Waals surface area contributed by atoms with Gasteiger partial charge in [-0.1, -0.05) is 0 Å². The lowest BCUT2D eigenvalue weighted by molar-refractivity contribution is 0.632. The second-order valence-corrected chi connectivity index (χ2v) is 5.54. The van der Waals surface area contributed by atoms with Crippen molar-refractivity contribution in [2.24, 2.45) is 0 Å². The van der Waals surface area contributed by atoms with Gasteiger partial charge < -0.3 is 15.1 Å². The molecular weight excluding hydrogens is 304 g/mol. The highest BCUT2D eigenvalue weighted by Crippen LogP contribution is 2.19. The molecule has 24 heavy (non-hydrogen) atoms. The van der Waals surface area contributed by atoms with Gasteiger partial charge in [0, 0.05) is 56.9 Å². The molecule has 1 N–H and O–H groups in total. The number of anilines is 3. The summed E-state index contributed by atoms with van der Waals surface area (Å²) in [5.74, 6) is 2.24. The minimum atomic E-state index is 0.368. The van der Waals surface area contributed by atoms with Crippen LogP contribution in [0.2, 0.25) is 0 Å². The molecule has 3 rings (SSSR count). The van der Waals surface area contributed by atoms with E-state index in [9.17, 15) is 5.26 Å². The van der Waals surface area contributed by atoms with Gasteiger partial charge in [-0.15, -0.1) is 0 Å². The van der Waals surface area contributed by atoms with Crippen molar-refractivity contribution in [2.75, 3.05) is 47.8 Å². The zero-order valence-electron chi connectivity index (χ0n) is 13.9. The van der Waals surface area contributed by atoms with E-state index >= 15 is 0 Å². The minimum absolute atomic E-state index is 0.368. The summed E-state index contributed by atoms with van der Waals surface area (Å²) in [5.41, 5.74) is 1.31. The van der Waals surface area contributed by atoms with E-state index in [1.165, 1.54) is 0 Å². The summed E-state index contributed by atoms with van der Waals surface area (Å²) in [6.07, 6.45) is 3.16. The number of nitrogens with one attached hydrogen (secondary N) is 1. The number of hydrogen-bond donors (Lipinski definition) is 1. The Balaban J connectivity index is 1.72. The summed E-state index contributed by atoms with van der Waals surface area (Å²) in [5, 5.41) is 12.4. The molecule has 8 heteroatoms. The van der Waals surface area contributed by atoms with Gasteiger partial charge in [0.1, 0.15) is 11.9 Å². The maximum absolute atomic E-state index is 9.17. The van der Waals surface area contributed by atoms with Crippen LogP contribution in [0.5, 0.6) is 0 Å². The average Bonchev–Trinajstić information content (AvgIpc) is 2.61. The van der Waals surface area contributed by atoms with Gasteiger partial charge in [0.15, 0.2) is 11.5 Å². The molecule has 0 aliphatic carbocycles. The number of aryl methyl sites for hydroxylation is 1. The second kappa shape index (κ2) is 7.08. The van der Waals surface area contributed by atoms with E-state index in [-0.39, 0.29) is 0 Å². The predicted molar refractivity (Wildman–Crippen MR) is 92.1 cm³/mol. The molecule has 1 saturated heterocycles. The van der Waals surface area contributed by atoms with Crippen LogP contribution in [-0.4, -0.2) is 52.7 Å². The van der Waals surface area contributed by atoms with Gasteiger partial charge in [-0.25, -0.2) is 15.0 Å². The van der Waals surface area contributed by atoms with E-state index < -0.39 is 0 Å². The van der Waals surface area contributed by atoms with E-state index in [0.717, 1.165) is 50.2 Å². The third-order valence-corrected chi connectivity index (χ3v) is 3.85. The van der Waals surface area contributed by atoms with Crippen molar-refractivity contribution in [2.45, 2.75) is 13.8 Å². The third kappa shape index (κ3) is 3.35. The number of rotatable bonds is 4. The normalized spacial score (nSPS) is 14.4. The lowest BCUT2D eigenvalue weighted by atomic mass is 10.3. The molecular formula is C16H20N8. The number of aromatic nitrogens is 4. The van der Waals surface area contributed by atoms with Crippen LogP contribution in [0.25, 0.3) is 0 Å². The Hall–Kier alpha value is -2.95. The summed E-state index contributed by atoms with van der Waals surface area (Å²) >= 11 is 0. The van der Waals surface area contributed by atoms with Gasteiger partial charge in [-0.2, -0.15) is 10.2 Å². The summed E-state index contributed by atoms with van der Waals surface area (Å²) in [6.45, 7) is 7.90. The molecule has 0 unspecified atom stereocenters. The summed E-state index contributed by atoms with van der Waals surface area (Å²) in [6, 6.07) is 4.05. The number of nitriles is 1. The minimum Gasteiger partial charge on any atom is -0.370 e. The lowest BCUT2D eigenvalue weighted by Crippen LogP contribution is -2.47. The molecule has 1 fully saturated rings. The Morgan fingerprint density at radius 1 is 1.12 bits per heavy atom. The number of hydrogen-bond acceptors (Lipinski definition) is 8. The van der Waals surface area contributed by atoms with Gasteiger partial charge >= 0.3 is 0 Å². The molecule has 8 nitrogen and oxygen atoms in total. The fourth-order valence-corrected chi connectivity index (χ4v) is 2.73. The molecule has 2 aromatic heterocycles. The fourth-order valence-electron chi connectivity index (χ4n) is 2.73. The van der Waals surface area contributed by atoms with Gasteiger partial charge in [0.25, 0.3) is 0 Å². The average molecular weight is 324 g/mol. The van der Waals surface area contributed by atoms with E-state index in [4.69, 9.17) is 0 Å². The molecule has 1 aliphatic rings. The molecule has 124 valence electrons. The Bertz CT molecular complexity index is 746. The first-order valence-electron chi connectivity index (χ1n) is 8.02. The number of piperazine rings is 1. The van der Waals surface area contributed by atoms with Crippen molar-refractivity contribution in [1.29, 1.82) is 5.26 Å². The summed E-state index contributed by atoms with van der Waals surface area (Å²) in [4.78, 5) is 21.8. The van der Waals surface area contributed by atoms with Crippen LogP contribution < -0.4 is 15.1 Å². The second-order valence-electron chi connectivity index (χ2n) is 5.54. The van der Waals surface area contributed by atoms with Crippen molar-refractivity contribution >= 4 is 17.6 Å². The Morgan fingerprint density at radius 3 is 2.54 bits per heavy atom. The highest BCUT2D eigenvalue weighted by Gasteiger charge is 2.22. The standard InChI is InChI=1S/C16H20N8/c1-3-18-14-10-12(2)21-16(22-14)24-8-6-23(7-9-24)15-13(11-17)19-4-5-20-15/h4-5,10H,3,6-9H2,1-2H3,(H,18,21,22). The molecule has 0 bridgehead atoms. The van der Waals surface area contributed by atoms with Crippen molar-refractivity contribution in [3.8, 4) is 6.07 Å². The van der Waals surface area contributed by atoms with Crippen molar-refractivity contribution in [3.05, 3.63) is 29.8 Å². The maximum Gasteiger partial charge on any atom is 0.227 e. The predicted octanol–water partition coefficient (Wildman–Crippen LogP) is 1.21. The largest absolute Gasteiger partial charge is 0.370 e. The first-order chi connectivity index (χ1) is 11.7. The Morgan fingerprint density at radius 2 is 1.83 bits per heavy atom. The van der Waals surface area contributed by atoms with Gasteiger partial charge in [-0.3, -0.25) is 0 Å². The van der Waals surface area contributed by atoms with Crippen LogP contribution in [-0.2, 0) is 0 Å². The van der Waals surface area contributed by atoms with Crippen LogP contribution in [0.3, 0.4) is 0 Å². The summed E-state index contributed by atoms with van der Waals surface area (Å²) < 4.78 is 0. The van der Waals surface area contributed by atoms with Gasteiger partial charge in [0.2, 0.25) is 5.95 Å². The highest BCUT2D eigenvalue weighted by atomic mass is 15.3. The molecule has 3 heterocycles. The molecule has 2 aromatic rings. The van der Waals surface area contributed by atoms with Crippen LogP contribution >= 0.6 is 0 Å². The molecule has 1 aliphatic heterocycles. The molecule has 0 amide bonds. The lowest BCUT2D eigenvalue weighted by Gasteiger charge is -2.35. The zero-order valence-corrected chi connectivity index (χ0v) is 13.9. The van der Waals surface area contributed by atoms with Crippen LogP contribution in [0.15, 0.2) is 18.5 Å². The maximum atomic E-state index is 9.17. The monoisotopic (exact) mass is 324 g/mol. The van der Waals surface area contributed by atoms with Gasteiger partial charge in [-0.05, 0) is 13.8 Å². The van der Waals surface area contributed by atoms with Crippen molar-refractivity contribution < 1.29 is 0 Å². The van der Waals surface area contributed by atoms with E-state index in [1.54, 1.807) is 12.4 Å². The Kier molecular flexibility index (Phi) is 4.70. The molecule has 0 aromatic carbocycles. The molecule has 0 radical (unpaired) electrons. The van der Waals surface area contributed by atoms with Crippen molar-refractivity contribution in [1.82, 2.24) is 19.9 Å². The van der Waals surface area contributed by atoms with Crippen LogP contribution in [0, 0.1) is 18.3 Å². The smallest absolute Gasteiger partial charge is 0.227 e. The quantitative estimate of drug-likeness (QED) is 0.897. The van der Waals surface area contributed by atoms with E-state index in [0.29, 0.717) is 11.5 Å². The van der Waals surface area contributed by atoms with E-state index in [1.807, 2.05) is 19.9 Å². The first-order valence-corrected chi connectivity index (χ1v) is 8.02. The highest BCUT2D eigenvalue weighted by molar-refractivity contribution is 5.51. The molecule has 0 saturated carbocycles.